The Morgan fingerprint density at radius 3 is 2.67 bits per heavy atom. The molecule has 5 heteroatoms. The minimum absolute atomic E-state index is 0.0582. The number of fused-ring (bicyclic) bond motifs is 1. The molecule has 3 nitrogen and oxygen atoms in total. The van der Waals surface area contributed by atoms with Gasteiger partial charge in [-0.05, 0) is 12.8 Å². The Morgan fingerprint density at radius 1 is 1.33 bits per heavy atom. The summed E-state index contributed by atoms with van der Waals surface area (Å²) in [5.74, 6) is 0.124. The molecule has 1 aromatic carbocycles. The normalized spacial score (nSPS) is 39.9. The van der Waals surface area contributed by atoms with Crippen molar-refractivity contribution in [3.05, 3.63) is 35.9 Å². The third-order valence-corrected chi connectivity index (χ3v) is 6.50. The molecule has 0 radical (unpaired) electrons. The largest absolute Gasteiger partial charge is 0.352 e. The number of halogens is 2. The van der Waals surface area contributed by atoms with Crippen LogP contribution < -0.4 is 0 Å². The van der Waals surface area contributed by atoms with Crippen molar-refractivity contribution in [2.45, 2.75) is 36.4 Å². The van der Waals surface area contributed by atoms with E-state index in [0.29, 0.717) is 13.0 Å². The van der Waals surface area contributed by atoms with Crippen LogP contribution in [0.25, 0.3) is 0 Å². The number of rotatable bonds is 2. The second-order valence-electron chi connectivity index (χ2n) is 6.22. The average molecular weight is 326 g/mol. The van der Waals surface area contributed by atoms with Gasteiger partial charge >= 0.3 is 0 Å². The van der Waals surface area contributed by atoms with Gasteiger partial charge in [0.15, 0.2) is 6.23 Å². The van der Waals surface area contributed by atoms with E-state index >= 15 is 0 Å². The van der Waals surface area contributed by atoms with Gasteiger partial charge in [-0.15, -0.1) is 23.2 Å². The number of hydrogen-bond acceptors (Lipinski definition) is 2. The molecule has 4 atom stereocenters. The molecule has 0 aromatic heterocycles. The van der Waals surface area contributed by atoms with Gasteiger partial charge in [-0.2, -0.15) is 0 Å². The van der Waals surface area contributed by atoms with E-state index in [0.717, 1.165) is 12.0 Å². The lowest BCUT2D eigenvalue weighted by Gasteiger charge is -2.23. The monoisotopic (exact) mass is 325 g/mol. The van der Waals surface area contributed by atoms with Gasteiger partial charge in [-0.25, -0.2) is 0 Å². The summed E-state index contributed by atoms with van der Waals surface area (Å²) in [5.41, 5.74) is 0.417. The predicted octanol–water partition coefficient (Wildman–Crippen LogP) is 3.52. The Hall–Kier alpha value is -0.770. The molecule has 1 amide bonds. The lowest BCUT2D eigenvalue weighted by molar-refractivity contribution is -0.139. The molecule has 2 aliphatic heterocycles. The highest BCUT2D eigenvalue weighted by Gasteiger charge is 2.83. The lowest BCUT2D eigenvalue weighted by Crippen LogP contribution is -2.33. The molecule has 21 heavy (non-hydrogen) atoms. The van der Waals surface area contributed by atoms with Crippen molar-refractivity contribution in [3.8, 4) is 0 Å². The maximum absolute atomic E-state index is 13.0. The first kappa shape index (κ1) is 13.9. The first-order chi connectivity index (χ1) is 10.0. The molecular formula is C16H17Cl2NO2. The Labute approximate surface area is 134 Å². The molecule has 1 spiro atoms. The van der Waals surface area contributed by atoms with E-state index in [2.05, 4.69) is 0 Å². The summed E-state index contributed by atoms with van der Waals surface area (Å²) in [4.78, 5) is 14.9. The fraction of sp³-hybridized carbons (Fsp3) is 0.562. The number of benzene rings is 1. The predicted molar refractivity (Wildman–Crippen MR) is 81.0 cm³/mol. The number of carbonyl (C=O) groups excluding carboxylic acids is 1. The molecule has 2 unspecified atom stereocenters. The highest BCUT2D eigenvalue weighted by molar-refractivity contribution is 6.53. The minimum atomic E-state index is -0.912. The SMILES string of the molecule is CC[C@@H]1C(Cl)(Cl)C12CC1CO[C@H](c3ccccc3)N1C2=O. The molecule has 2 saturated heterocycles. The number of hydrogen-bond donors (Lipinski definition) is 0. The Bertz CT molecular complexity index is 591. The van der Waals surface area contributed by atoms with Crippen LogP contribution in [0.4, 0.5) is 0 Å². The van der Waals surface area contributed by atoms with E-state index in [-0.39, 0.29) is 24.1 Å². The third kappa shape index (κ3) is 1.57. The average Bonchev–Trinajstić information content (AvgIpc) is 2.80. The second kappa shape index (κ2) is 4.37. The molecule has 0 bridgehead atoms. The highest BCUT2D eigenvalue weighted by atomic mass is 35.5. The van der Waals surface area contributed by atoms with Gasteiger partial charge in [0, 0.05) is 11.5 Å². The number of alkyl halides is 2. The van der Waals surface area contributed by atoms with Crippen LogP contribution in [0.3, 0.4) is 0 Å². The van der Waals surface area contributed by atoms with Crippen molar-refractivity contribution in [2.24, 2.45) is 11.3 Å². The number of amides is 1. The van der Waals surface area contributed by atoms with Crippen molar-refractivity contribution >= 4 is 29.1 Å². The van der Waals surface area contributed by atoms with Crippen molar-refractivity contribution in [3.63, 3.8) is 0 Å². The van der Waals surface area contributed by atoms with Crippen LogP contribution in [-0.4, -0.2) is 27.8 Å². The molecule has 4 rings (SSSR count). The summed E-state index contributed by atoms with van der Waals surface area (Å²) in [5, 5.41) is 0. The fourth-order valence-corrected chi connectivity index (χ4v) is 5.41. The molecule has 1 aliphatic carbocycles. The number of carbonyl (C=O) groups is 1. The van der Waals surface area contributed by atoms with Gasteiger partial charge in [-0.1, -0.05) is 37.3 Å². The van der Waals surface area contributed by atoms with E-state index in [1.807, 2.05) is 42.2 Å². The maximum Gasteiger partial charge on any atom is 0.234 e. The van der Waals surface area contributed by atoms with Crippen molar-refractivity contribution < 1.29 is 9.53 Å². The molecule has 1 saturated carbocycles. The molecule has 1 aromatic rings. The summed E-state index contributed by atoms with van der Waals surface area (Å²) in [6.07, 6.45) is 1.24. The van der Waals surface area contributed by atoms with Gasteiger partial charge in [0.25, 0.3) is 0 Å². The quantitative estimate of drug-likeness (QED) is 0.779. The zero-order valence-corrected chi connectivity index (χ0v) is 13.3. The topological polar surface area (TPSA) is 29.5 Å². The highest BCUT2D eigenvalue weighted by Crippen LogP contribution is 2.76. The van der Waals surface area contributed by atoms with Crippen LogP contribution in [0.5, 0.6) is 0 Å². The van der Waals surface area contributed by atoms with Gasteiger partial charge < -0.3 is 9.64 Å². The van der Waals surface area contributed by atoms with E-state index in [1.165, 1.54) is 0 Å². The van der Waals surface area contributed by atoms with E-state index in [9.17, 15) is 4.79 Å². The van der Waals surface area contributed by atoms with Gasteiger partial charge in [-0.3, -0.25) is 4.79 Å². The standard InChI is InChI=1S/C16H17Cl2NO2/c1-2-12-15(16(12,17)18)8-11-9-21-13(19(11)14(15)20)10-6-4-3-5-7-10/h3-7,11-13H,2,8-9H2,1H3/t11?,12-,13+,15?/m0/s1. The summed E-state index contributed by atoms with van der Waals surface area (Å²) >= 11 is 12.9. The Kier molecular flexibility index (Phi) is 2.89. The summed E-state index contributed by atoms with van der Waals surface area (Å²) in [7, 11) is 0. The van der Waals surface area contributed by atoms with Crippen LogP contribution >= 0.6 is 23.2 Å². The van der Waals surface area contributed by atoms with Crippen molar-refractivity contribution in [2.75, 3.05) is 6.61 Å². The summed E-state index contributed by atoms with van der Waals surface area (Å²) in [6.45, 7) is 2.61. The lowest BCUT2D eigenvalue weighted by atomic mass is 9.98. The fourth-order valence-electron chi connectivity index (χ4n) is 4.26. The molecular weight excluding hydrogens is 309 g/mol. The summed E-state index contributed by atoms with van der Waals surface area (Å²) < 4.78 is 4.94. The molecule has 3 aliphatic rings. The van der Waals surface area contributed by atoms with Gasteiger partial charge in [0.05, 0.1) is 18.1 Å². The third-order valence-electron chi connectivity index (χ3n) is 5.30. The molecule has 2 heterocycles. The molecule has 112 valence electrons. The van der Waals surface area contributed by atoms with Crippen molar-refractivity contribution in [1.82, 2.24) is 4.90 Å². The Morgan fingerprint density at radius 2 is 2.05 bits per heavy atom. The molecule has 0 N–H and O–H groups in total. The molecule has 3 fully saturated rings. The van der Waals surface area contributed by atoms with E-state index < -0.39 is 9.75 Å². The smallest absolute Gasteiger partial charge is 0.234 e. The van der Waals surface area contributed by atoms with E-state index in [4.69, 9.17) is 27.9 Å². The second-order valence-corrected chi connectivity index (χ2v) is 7.61. The van der Waals surface area contributed by atoms with Gasteiger partial charge in [0.2, 0.25) is 5.91 Å². The minimum Gasteiger partial charge on any atom is -0.352 e. The zero-order valence-electron chi connectivity index (χ0n) is 11.8. The number of nitrogens with zero attached hydrogens (tertiary/aromatic N) is 1. The van der Waals surface area contributed by atoms with Crippen LogP contribution in [0.2, 0.25) is 0 Å². The van der Waals surface area contributed by atoms with Crippen molar-refractivity contribution in [1.29, 1.82) is 0 Å². The first-order valence-corrected chi connectivity index (χ1v) is 8.16. The van der Waals surface area contributed by atoms with Gasteiger partial charge in [0.1, 0.15) is 4.33 Å². The van der Waals surface area contributed by atoms with Crippen LogP contribution in [0.15, 0.2) is 30.3 Å². The van der Waals surface area contributed by atoms with Crippen LogP contribution in [-0.2, 0) is 9.53 Å². The zero-order chi connectivity index (χ0) is 14.8. The first-order valence-electron chi connectivity index (χ1n) is 7.41. The summed E-state index contributed by atoms with van der Waals surface area (Å²) in [6, 6.07) is 9.95. The van der Waals surface area contributed by atoms with Crippen LogP contribution in [0.1, 0.15) is 31.6 Å². The van der Waals surface area contributed by atoms with Crippen LogP contribution in [0, 0.1) is 11.3 Å². The van der Waals surface area contributed by atoms with E-state index in [1.54, 1.807) is 0 Å². The Balaban J connectivity index is 1.68. The maximum atomic E-state index is 13.0. The number of ether oxygens (including phenoxy) is 1.